The van der Waals surface area contributed by atoms with Crippen molar-refractivity contribution in [3.05, 3.63) is 60.7 Å². The monoisotopic (exact) mass is 586 g/mol. The van der Waals surface area contributed by atoms with Crippen LogP contribution in [0.15, 0.2) is 60.7 Å². The van der Waals surface area contributed by atoms with E-state index in [1.807, 2.05) is 74.5 Å². The van der Waals surface area contributed by atoms with Gasteiger partial charge < -0.3 is 29.5 Å². The number of halogens is 1. The third-order valence-electron chi connectivity index (χ3n) is 6.56. The largest absolute Gasteiger partial charge is 0.635 e. The minimum absolute atomic E-state index is 0. The number of ether oxygens (including phenoxy) is 2. The summed E-state index contributed by atoms with van der Waals surface area (Å²) in [5.41, 5.74) is 3.30. The number of aromatic nitrogens is 2. The summed E-state index contributed by atoms with van der Waals surface area (Å²) in [5.74, 6) is 0.592. The molecule has 1 aliphatic rings. The minimum Gasteiger partial charge on any atom is -0.494 e. The fourth-order valence-electron chi connectivity index (χ4n) is 4.65. The first-order chi connectivity index (χ1) is 19.4. The van der Waals surface area contributed by atoms with Gasteiger partial charge in [-0.1, -0.05) is 56.3 Å². The molecule has 12 heteroatoms. The van der Waals surface area contributed by atoms with E-state index >= 15 is 0 Å². The molecule has 0 unspecified atom stereocenters. The quantitative estimate of drug-likeness (QED) is 0.150. The number of carbonyl (C=O) groups excluding carboxylic acids is 1. The number of nitrogens with zero attached hydrogens (tertiary/aromatic N) is 3. The molecule has 1 aromatic heterocycles. The lowest BCUT2D eigenvalue weighted by molar-refractivity contribution is -0.125. The molecule has 0 spiro atoms. The first-order valence-corrected chi connectivity index (χ1v) is 13.8. The summed E-state index contributed by atoms with van der Waals surface area (Å²) in [4.78, 5) is 15.4. The Kier molecular flexibility index (Phi) is 13.1. The standard InChI is InChI=1S/C29H39BN4O6.ClH/c1-22(2)18-29(40-30(36)37)31-28(35)21-34-27(23-8-4-3-5-9-23)20-26(32-34)24-10-6-11-25(19-24)39-15-7-12-33-13-16-38-17-14-33;/h3-6,8-11,19-20,22,29,36-37H,7,12-18,21H2,1-2H3,(H,31,35);1H/t29-;/m1./s1. The van der Waals surface area contributed by atoms with Crippen molar-refractivity contribution in [2.24, 2.45) is 5.92 Å². The Bertz CT molecular complexity index is 1200. The molecule has 0 radical (unpaired) electrons. The molecule has 41 heavy (non-hydrogen) atoms. The molecule has 3 N–H and O–H groups in total. The van der Waals surface area contributed by atoms with Crippen LogP contribution in [-0.2, 0) is 20.7 Å². The average Bonchev–Trinajstić information content (AvgIpc) is 3.35. The molecule has 2 heterocycles. The van der Waals surface area contributed by atoms with Crippen LogP contribution in [0.4, 0.5) is 0 Å². The molecule has 1 amide bonds. The van der Waals surface area contributed by atoms with Crippen LogP contribution < -0.4 is 10.1 Å². The molecule has 3 aromatic rings. The third kappa shape index (κ3) is 10.4. The van der Waals surface area contributed by atoms with E-state index in [0.717, 1.165) is 61.8 Å². The highest BCUT2D eigenvalue weighted by Crippen LogP contribution is 2.28. The maximum atomic E-state index is 13.0. The van der Waals surface area contributed by atoms with Crippen LogP contribution in [0.5, 0.6) is 5.75 Å². The van der Waals surface area contributed by atoms with E-state index in [1.54, 1.807) is 4.68 Å². The molecular weight excluding hydrogens is 547 g/mol. The number of benzene rings is 2. The summed E-state index contributed by atoms with van der Waals surface area (Å²) in [6.07, 6.45) is 0.527. The number of carbonyl (C=O) groups is 1. The Balaban J connectivity index is 0.00000462. The zero-order chi connectivity index (χ0) is 28.3. The SMILES string of the molecule is CC(C)C[C@H](NC(=O)Cn1nc(-c2cccc(OCCCN3CCOCC3)c2)cc1-c1ccccc1)OB(O)O.Cl. The number of hydrogen-bond acceptors (Lipinski definition) is 8. The molecule has 0 saturated carbocycles. The molecule has 1 atom stereocenters. The zero-order valence-corrected chi connectivity index (χ0v) is 24.5. The number of nitrogens with one attached hydrogen (secondary N) is 1. The summed E-state index contributed by atoms with van der Waals surface area (Å²) in [5, 5.41) is 26.0. The van der Waals surface area contributed by atoms with Crippen molar-refractivity contribution in [2.45, 2.75) is 39.5 Å². The summed E-state index contributed by atoms with van der Waals surface area (Å²) in [6.45, 7) is 8.97. The van der Waals surface area contributed by atoms with E-state index < -0.39 is 13.5 Å². The number of hydrogen-bond donors (Lipinski definition) is 3. The van der Waals surface area contributed by atoms with Gasteiger partial charge in [0.25, 0.3) is 0 Å². The molecule has 2 aromatic carbocycles. The molecule has 1 aliphatic heterocycles. The van der Waals surface area contributed by atoms with Gasteiger partial charge in [-0.2, -0.15) is 5.10 Å². The summed E-state index contributed by atoms with van der Waals surface area (Å²) in [6, 6.07) is 19.5. The molecule has 4 rings (SSSR count). The fraction of sp³-hybridized carbons (Fsp3) is 0.448. The van der Waals surface area contributed by atoms with E-state index in [0.29, 0.717) is 18.7 Å². The predicted molar refractivity (Wildman–Crippen MR) is 160 cm³/mol. The van der Waals surface area contributed by atoms with E-state index in [1.165, 1.54) is 0 Å². The van der Waals surface area contributed by atoms with E-state index in [2.05, 4.69) is 10.2 Å². The predicted octanol–water partition coefficient (Wildman–Crippen LogP) is 3.21. The molecule has 1 saturated heterocycles. The first kappa shape index (κ1) is 32.6. The van der Waals surface area contributed by atoms with E-state index in [9.17, 15) is 14.8 Å². The van der Waals surface area contributed by atoms with Gasteiger partial charge in [0, 0.05) is 25.2 Å². The van der Waals surface area contributed by atoms with Crippen LogP contribution in [0.2, 0.25) is 0 Å². The van der Waals surface area contributed by atoms with Crippen molar-refractivity contribution in [2.75, 3.05) is 39.5 Å². The van der Waals surface area contributed by atoms with Crippen molar-refractivity contribution in [3.63, 3.8) is 0 Å². The summed E-state index contributed by atoms with van der Waals surface area (Å²) in [7, 11) is -1.98. The Morgan fingerprint density at radius 2 is 1.80 bits per heavy atom. The van der Waals surface area contributed by atoms with Crippen molar-refractivity contribution in [1.82, 2.24) is 20.0 Å². The van der Waals surface area contributed by atoms with Crippen LogP contribution >= 0.6 is 12.4 Å². The second-order valence-corrected chi connectivity index (χ2v) is 10.3. The third-order valence-corrected chi connectivity index (χ3v) is 6.56. The molecule has 0 aliphatic carbocycles. The van der Waals surface area contributed by atoms with Crippen molar-refractivity contribution in [3.8, 4) is 28.3 Å². The number of amides is 1. The molecule has 0 bridgehead atoms. The van der Waals surface area contributed by atoms with Crippen LogP contribution in [0.3, 0.4) is 0 Å². The molecule has 1 fully saturated rings. The number of rotatable bonds is 14. The highest BCUT2D eigenvalue weighted by Gasteiger charge is 2.22. The highest BCUT2D eigenvalue weighted by atomic mass is 35.5. The normalized spacial score (nSPS) is 14.4. The Labute approximate surface area is 248 Å². The van der Waals surface area contributed by atoms with E-state index in [4.69, 9.17) is 19.2 Å². The smallest absolute Gasteiger partial charge is 0.494 e. The van der Waals surface area contributed by atoms with Gasteiger partial charge in [0.05, 0.1) is 31.2 Å². The Hall–Kier alpha value is -2.93. The maximum absolute atomic E-state index is 13.0. The summed E-state index contributed by atoms with van der Waals surface area (Å²) < 4.78 is 18.2. The van der Waals surface area contributed by atoms with Crippen molar-refractivity contribution in [1.29, 1.82) is 0 Å². The van der Waals surface area contributed by atoms with Crippen LogP contribution in [0.1, 0.15) is 26.7 Å². The topological polar surface area (TPSA) is 118 Å². The van der Waals surface area contributed by atoms with Gasteiger partial charge in [0.1, 0.15) is 18.5 Å². The fourth-order valence-corrected chi connectivity index (χ4v) is 4.65. The lowest BCUT2D eigenvalue weighted by atomic mass is 10.1. The minimum atomic E-state index is -1.98. The van der Waals surface area contributed by atoms with Gasteiger partial charge in [0.15, 0.2) is 0 Å². The molecule has 222 valence electrons. The summed E-state index contributed by atoms with van der Waals surface area (Å²) >= 11 is 0. The Morgan fingerprint density at radius 3 is 2.51 bits per heavy atom. The van der Waals surface area contributed by atoms with E-state index in [-0.39, 0.29) is 30.8 Å². The van der Waals surface area contributed by atoms with Gasteiger partial charge in [-0.15, -0.1) is 12.4 Å². The van der Waals surface area contributed by atoms with Crippen LogP contribution in [-0.4, -0.2) is 83.6 Å². The van der Waals surface area contributed by atoms with Gasteiger partial charge in [-0.25, -0.2) is 0 Å². The van der Waals surface area contributed by atoms with Gasteiger partial charge >= 0.3 is 7.32 Å². The molecular formula is C29H40BClN4O6. The highest BCUT2D eigenvalue weighted by molar-refractivity contribution is 6.32. The Morgan fingerprint density at radius 1 is 1.07 bits per heavy atom. The molecule has 10 nitrogen and oxygen atoms in total. The van der Waals surface area contributed by atoms with Gasteiger partial charge in [-0.3, -0.25) is 14.4 Å². The maximum Gasteiger partial charge on any atom is 0.635 e. The van der Waals surface area contributed by atoms with Crippen LogP contribution in [0, 0.1) is 5.92 Å². The second kappa shape index (κ2) is 16.5. The average molecular weight is 587 g/mol. The first-order valence-electron chi connectivity index (χ1n) is 13.8. The van der Waals surface area contributed by atoms with Crippen LogP contribution in [0.25, 0.3) is 22.5 Å². The van der Waals surface area contributed by atoms with Gasteiger partial charge in [0.2, 0.25) is 5.91 Å². The van der Waals surface area contributed by atoms with Crippen molar-refractivity contribution < 1.29 is 29.0 Å². The lowest BCUT2D eigenvalue weighted by Crippen LogP contribution is -2.43. The second-order valence-electron chi connectivity index (χ2n) is 10.3. The lowest BCUT2D eigenvalue weighted by Gasteiger charge is -2.26. The van der Waals surface area contributed by atoms with Crippen molar-refractivity contribution >= 4 is 25.6 Å². The number of morpholine rings is 1. The zero-order valence-electron chi connectivity index (χ0n) is 23.6. The van der Waals surface area contributed by atoms with Gasteiger partial charge in [-0.05, 0) is 42.5 Å².